The molecule has 2 bridgehead atoms. The molecule has 9 heteroatoms. The molecule has 1 N–H and O–H groups in total. The molecule has 1 aliphatic heterocycles. The second kappa shape index (κ2) is 8.47. The Morgan fingerprint density at radius 2 is 2.10 bits per heavy atom. The molecule has 2 aliphatic rings. The van der Waals surface area contributed by atoms with Crippen molar-refractivity contribution in [1.29, 1.82) is 0 Å². The van der Waals surface area contributed by atoms with Crippen LogP contribution in [0.5, 0.6) is 0 Å². The van der Waals surface area contributed by atoms with E-state index in [1.165, 1.54) is 34.7 Å². The SMILES string of the molecule is O=C(Nc1nnc(SC2CC3CN(Cc4ccccc4)C2C3Br)s1)c1cccs1. The molecule has 0 radical (unpaired) electrons. The minimum atomic E-state index is -0.123. The van der Waals surface area contributed by atoms with Crippen molar-refractivity contribution in [2.75, 3.05) is 11.9 Å². The van der Waals surface area contributed by atoms with Crippen molar-refractivity contribution < 1.29 is 4.79 Å². The number of benzene rings is 1. The third-order valence-electron chi connectivity index (χ3n) is 5.44. The van der Waals surface area contributed by atoms with Gasteiger partial charge in [-0.2, -0.15) is 0 Å². The fraction of sp³-hybridized carbons (Fsp3) is 0.350. The Kier molecular flexibility index (Phi) is 5.75. The van der Waals surface area contributed by atoms with Crippen LogP contribution in [0.4, 0.5) is 5.13 Å². The van der Waals surface area contributed by atoms with Crippen molar-refractivity contribution in [1.82, 2.24) is 15.1 Å². The average Bonchev–Trinajstić information content (AvgIpc) is 3.49. The minimum Gasteiger partial charge on any atom is -0.296 e. The molecule has 2 aromatic heterocycles. The van der Waals surface area contributed by atoms with Gasteiger partial charge in [0, 0.05) is 29.2 Å². The number of carbonyl (C=O) groups is 1. The molecule has 1 amide bonds. The van der Waals surface area contributed by atoms with Crippen LogP contribution in [0.3, 0.4) is 0 Å². The first-order chi connectivity index (χ1) is 14.2. The smallest absolute Gasteiger partial charge is 0.267 e. The van der Waals surface area contributed by atoms with Crippen molar-refractivity contribution in [3.05, 3.63) is 58.3 Å². The Morgan fingerprint density at radius 1 is 1.24 bits per heavy atom. The van der Waals surface area contributed by atoms with Gasteiger partial charge in [0.15, 0.2) is 4.34 Å². The zero-order valence-electron chi connectivity index (χ0n) is 15.4. The van der Waals surface area contributed by atoms with E-state index in [-0.39, 0.29) is 5.91 Å². The van der Waals surface area contributed by atoms with Gasteiger partial charge in [0.25, 0.3) is 5.91 Å². The summed E-state index contributed by atoms with van der Waals surface area (Å²) in [7, 11) is 0. The number of aromatic nitrogens is 2. The summed E-state index contributed by atoms with van der Waals surface area (Å²) in [5.74, 6) is 0.550. The number of nitrogens with one attached hydrogen (secondary N) is 1. The van der Waals surface area contributed by atoms with E-state index in [0.717, 1.165) is 17.4 Å². The monoisotopic (exact) mass is 506 g/mol. The molecule has 0 spiro atoms. The highest BCUT2D eigenvalue weighted by molar-refractivity contribution is 9.09. The number of fused-ring (bicyclic) bond motifs is 2. The van der Waals surface area contributed by atoms with E-state index < -0.39 is 0 Å². The van der Waals surface area contributed by atoms with Gasteiger partial charge in [0.1, 0.15) is 0 Å². The van der Waals surface area contributed by atoms with E-state index in [9.17, 15) is 4.79 Å². The first-order valence-electron chi connectivity index (χ1n) is 9.44. The number of likely N-dealkylation sites (tertiary alicyclic amines) is 1. The number of anilines is 1. The van der Waals surface area contributed by atoms with Crippen LogP contribution in [0.25, 0.3) is 0 Å². The maximum atomic E-state index is 12.2. The first kappa shape index (κ1) is 19.7. The van der Waals surface area contributed by atoms with Crippen LogP contribution in [-0.4, -0.2) is 43.7 Å². The van der Waals surface area contributed by atoms with Crippen molar-refractivity contribution in [3.63, 3.8) is 0 Å². The molecule has 2 fully saturated rings. The number of thiophene rings is 1. The molecule has 150 valence electrons. The highest BCUT2D eigenvalue weighted by atomic mass is 79.9. The number of hydrogen-bond acceptors (Lipinski definition) is 7. The molecule has 1 aromatic carbocycles. The lowest BCUT2D eigenvalue weighted by Gasteiger charge is -2.32. The van der Waals surface area contributed by atoms with Gasteiger partial charge in [-0.05, 0) is 29.3 Å². The van der Waals surface area contributed by atoms with Crippen LogP contribution < -0.4 is 5.32 Å². The number of nitrogens with zero attached hydrogens (tertiary/aromatic N) is 3. The van der Waals surface area contributed by atoms with E-state index in [2.05, 4.69) is 66.7 Å². The Balaban J connectivity index is 1.24. The molecule has 5 rings (SSSR count). The predicted octanol–water partition coefficient (Wildman–Crippen LogP) is 4.98. The van der Waals surface area contributed by atoms with Crippen LogP contribution >= 0.6 is 50.4 Å². The van der Waals surface area contributed by atoms with Gasteiger partial charge in [0.2, 0.25) is 5.13 Å². The zero-order chi connectivity index (χ0) is 19.8. The third-order valence-corrected chi connectivity index (χ3v) is 9.82. The van der Waals surface area contributed by atoms with Gasteiger partial charge in [-0.3, -0.25) is 15.0 Å². The predicted molar refractivity (Wildman–Crippen MR) is 123 cm³/mol. The average molecular weight is 508 g/mol. The molecule has 4 unspecified atom stereocenters. The Labute approximate surface area is 190 Å². The highest BCUT2D eigenvalue weighted by Gasteiger charge is 2.51. The number of carbonyl (C=O) groups excluding carboxylic acids is 1. The maximum Gasteiger partial charge on any atom is 0.267 e. The number of piperidine rings is 1. The van der Waals surface area contributed by atoms with E-state index in [0.29, 0.717) is 32.0 Å². The quantitative estimate of drug-likeness (QED) is 0.377. The fourth-order valence-corrected chi connectivity index (χ4v) is 8.55. The lowest BCUT2D eigenvalue weighted by atomic mass is 10.1. The van der Waals surface area contributed by atoms with Crippen LogP contribution in [0.15, 0.2) is 52.2 Å². The number of rotatable bonds is 6. The lowest BCUT2D eigenvalue weighted by molar-refractivity contribution is 0.103. The fourth-order valence-electron chi connectivity index (χ4n) is 4.20. The molecule has 5 nitrogen and oxygen atoms in total. The van der Waals surface area contributed by atoms with Gasteiger partial charge < -0.3 is 0 Å². The van der Waals surface area contributed by atoms with E-state index >= 15 is 0 Å². The van der Waals surface area contributed by atoms with Gasteiger partial charge in [-0.15, -0.1) is 21.5 Å². The Bertz CT molecular complexity index is 981. The van der Waals surface area contributed by atoms with Gasteiger partial charge >= 0.3 is 0 Å². The van der Waals surface area contributed by atoms with Crippen molar-refractivity contribution in [3.8, 4) is 0 Å². The highest BCUT2D eigenvalue weighted by Crippen LogP contribution is 2.49. The largest absolute Gasteiger partial charge is 0.296 e. The minimum absolute atomic E-state index is 0.123. The van der Waals surface area contributed by atoms with Crippen LogP contribution in [0, 0.1) is 5.92 Å². The van der Waals surface area contributed by atoms with Gasteiger partial charge in [-0.25, -0.2) is 0 Å². The number of thioether (sulfide) groups is 1. The summed E-state index contributed by atoms with van der Waals surface area (Å²) in [6.07, 6.45) is 1.19. The summed E-state index contributed by atoms with van der Waals surface area (Å²) in [5.41, 5.74) is 1.36. The molecule has 1 aliphatic carbocycles. The summed E-state index contributed by atoms with van der Waals surface area (Å²) in [6, 6.07) is 14.8. The topological polar surface area (TPSA) is 58.1 Å². The lowest BCUT2D eigenvalue weighted by Crippen LogP contribution is -2.40. The van der Waals surface area contributed by atoms with E-state index in [1.54, 1.807) is 11.8 Å². The van der Waals surface area contributed by atoms with Crippen LogP contribution in [0.1, 0.15) is 21.7 Å². The molecule has 3 aromatic rings. The second-order valence-electron chi connectivity index (χ2n) is 7.31. The van der Waals surface area contributed by atoms with Crippen molar-refractivity contribution >= 4 is 61.4 Å². The molecule has 1 saturated carbocycles. The molecular formula is C20H19BrN4OS3. The normalized spacial score (nSPS) is 26.1. The first-order valence-corrected chi connectivity index (χ1v) is 12.9. The molecular weight excluding hydrogens is 488 g/mol. The second-order valence-corrected chi connectivity index (χ2v) is 11.8. The summed E-state index contributed by atoms with van der Waals surface area (Å²) in [4.78, 5) is 16.0. The number of halogens is 1. The number of amides is 1. The van der Waals surface area contributed by atoms with Gasteiger partial charge in [-0.1, -0.05) is 75.4 Å². The van der Waals surface area contributed by atoms with Gasteiger partial charge in [0.05, 0.1) is 4.88 Å². The molecule has 3 heterocycles. The summed E-state index contributed by atoms with van der Waals surface area (Å²) in [5, 5.41) is 14.3. The maximum absolute atomic E-state index is 12.2. The van der Waals surface area contributed by atoms with Crippen molar-refractivity contribution in [2.24, 2.45) is 5.92 Å². The Hall–Kier alpha value is -1.26. The third kappa shape index (κ3) is 4.16. The van der Waals surface area contributed by atoms with E-state index in [1.807, 2.05) is 17.5 Å². The van der Waals surface area contributed by atoms with Crippen molar-refractivity contribution in [2.45, 2.75) is 33.4 Å². The molecule has 1 saturated heterocycles. The summed E-state index contributed by atoms with van der Waals surface area (Å²) in [6.45, 7) is 2.13. The Morgan fingerprint density at radius 3 is 2.86 bits per heavy atom. The summed E-state index contributed by atoms with van der Waals surface area (Å²) < 4.78 is 0.920. The number of hydrogen-bond donors (Lipinski definition) is 1. The zero-order valence-corrected chi connectivity index (χ0v) is 19.4. The van der Waals surface area contributed by atoms with E-state index in [4.69, 9.17) is 0 Å². The molecule has 4 atom stereocenters. The summed E-state index contributed by atoms with van der Waals surface area (Å²) >= 11 is 8.64. The number of alkyl halides is 1. The van der Waals surface area contributed by atoms with Crippen LogP contribution in [-0.2, 0) is 6.54 Å². The van der Waals surface area contributed by atoms with Crippen LogP contribution in [0.2, 0.25) is 0 Å². The standard InChI is InChI=1S/C20H19BrN4OS3/c21-16-13-9-15(17(16)25(11-13)10-12-5-2-1-3-6-12)28-20-24-23-19(29-20)22-18(26)14-7-4-8-27-14/h1-8,13,15-17H,9-11H2,(H,22,23,26). The molecule has 29 heavy (non-hydrogen) atoms.